The average Bonchev–Trinajstić information content (AvgIpc) is 3.29. The summed E-state index contributed by atoms with van der Waals surface area (Å²) in [5.41, 5.74) is 6.26. The van der Waals surface area contributed by atoms with Gasteiger partial charge in [-0.05, 0) is 38.0 Å². The summed E-state index contributed by atoms with van der Waals surface area (Å²) >= 11 is 5.94. The molecule has 4 unspecified atom stereocenters. The second-order valence-electron chi connectivity index (χ2n) is 7.75. The van der Waals surface area contributed by atoms with Gasteiger partial charge in [0, 0.05) is 24.9 Å². The molecule has 162 valence electrons. The Balaban J connectivity index is 1.61. The summed E-state index contributed by atoms with van der Waals surface area (Å²) in [6.45, 7) is 1.93. The number of anilines is 1. The largest absolute Gasteiger partial charge is 0.398 e. The molecule has 0 radical (unpaired) electrons. The first-order valence-electron chi connectivity index (χ1n) is 9.84. The van der Waals surface area contributed by atoms with Gasteiger partial charge < -0.3 is 26.4 Å². The number of aliphatic hydroxyl groups is 1. The molecule has 0 spiro atoms. The fourth-order valence-electron chi connectivity index (χ4n) is 3.83. The summed E-state index contributed by atoms with van der Waals surface area (Å²) < 4.78 is 0. The Morgan fingerprint density at radius 3 is 2.67 bits per heavy atom. The van der Waals surface area contributed by atoms with Crippen LogP contribution < -0.4 is 16.4 Å². The lowest BCUT2D eigenvalue weighted by atomic mass is 10.1. The van der Waals surface area contributed by atoms with Crippen LogP contribution in [0.4, 0.5) is 5.69 Å². The smallest absolute Gasteiger partial charge is 0.251 e. The maximum absolute atomic E-state index is 12.9. The van der Waals surface area contributed by atoms with E-state index in [1.54, 1.807) is 6.92 Å². The standard InChI is InChI=1S/C20H25ClN4O5/c1-10(23-18(28)11-4-5-14(22)13(21)7-11)20(30)25-6-2-3-16(25)19(29)24-15-8-12(26)9-17(15)27/h4-5,7,10,15-17,27H,2-3,6,8-9,22H2,1H3,(H,23,28)(H,24,29). The van der Waals surface area contributed by atoms with Crippen LogP contribution in [0.5, 0.6) is 0 Å². The molecule has 0 bridgehead atoms. The van der Waals surface area contributed by atoms with E-state index in [0.717, 1.165) is 0 Å². The quantitative estimate of drug-likeness (QED) is 0.487. The van der Waals surface area contributed by atoms with Crippen LogP contribution in [0.15, 0.2) is 18.2 Å². The van der Waals surface area contributed by atoms with Crippen LogP contribution in [0.2, 0.25) is 5.02 Å². The van der Waals surface area contributed by atoms with E-state index in [0.29, 0.717) is 25.1 Å². The molecule has 5 N–H and O–H groups in total. The Kier molecular flexibility index (Phi) is 6.62. The molecule has 3 amide bonds. The molecular formula is C20H25ClN4O5. The number of halogens is 1. The first-order chi connectivity index (χ1) is 14.2. The van der Waals surface area contributed by atoms with Crippen molar-refractivity contribution in [2.24, 2.45) is 0 Å². The summed E-state index contributed by atoms with van der Waals surface area (Å²) in [6, 6.07) is 2.24. The van der Waals surface area contributed by atoms with Crippen molar-refractivity contribution in [3.63, 3.8) is 0 Å². The van der Waals surface area contributed by atoms with E-state index in [4.69, 9.17) is 17.3 Å². The Bertz CT molecular complexity index is 877. The summed E-state index contributed by atoms with van der Waals surface area (Å²) in [7, 11) is 0. The van der Waals surface area contributed by atoms with Gasteiger partial charge in [-0.2, -0.15) is 0 Å². The number of Topliss-reactive ketones (excluding diaryl/α,β-unsaturated/α-hetero) is 1. The van der Waals surface area contributed by atoms with E-state index in [2.05, 4.69) is 10.6 Å². The molecule has 1 saturated heterocycles. The number of rotatable bonds is 5. The van der Waals surface area contributed by atoms with Crippen LogP contribution in [0, 0.1) is 0 Å². The molecule has 2 fully saturated rings. The number of hydrogen-bond donors (Lipinski definition) is 4. The third-order valence-electron chi connectivity index (χ3n) is 5.50. The fraction of sp³-hybridized carbons (Fsp3) is 0.500. The predicted molar refractivity (Wildman–Crippen MR) is 110 cm³/mol. The van der Waals surface area contributed by atoms with Crippen molar-refractivity contribution in [1.29, 1.82) is 0 Å². The van der Waals surface area contributed by atoms with Crippen molar-refractivity contribution in [2.75, 3.05) is 12.3 Å². The number of amides is 3. The molecule has 1 saturated carbocycles. The number of aliphatic hydroxyl groups excluding tert-OH is 1. The van der Waals surface area contributed by atoms with Gasteiger partial charge in [0.25, 0.3) is 5.91 Å². The van der Waals surface area contributed by atoms with Crippen LogP contribution in [0.1, 0.15) is 43.0 Å². The van der Waals surface area contributed by atoms with Crippen molar-refractivity contribution >= 4 is 40.8 Å². The molecule has 2 aliphatic rings. The van der Waals surface area contributed by atoms with Crippen LogP contribution in [0.25, 0.3) is 0 Å². The number of likely N-dealkylation sites (tertiary alicyclic amines) is 1. The molecular weight excluding hydrogens is 412 g/mol. The van der Waals surface area contributed by atoms with Crippen molar-refractivity contribution in [3.05, 3.63) is 28.8 Å². The van der Waals surface area contributed by atoms with Gasteiger partial charge >= 0.3 is 0 Å². The molecule has 0 aromatic heterocycles. The number of carbonyl (C=O) groups excluding carboxylic acids is 4. The fourth-order valence-corrected chi connectivity index (χ4v) is 4.01. The highest BCUT2D eigenvalue weighted by Crippen LogP contribution is 2.22. The minimum Gasteiger partial charge on any atom is -0.398 e. The van der Waals surface area contributed by atoms with Crippen LogP contribution >= 0.6 is 11.6 Å². The first-order valence-corrected chi connectivity index (χ1v) is 10.2. The van der Waals surface area contributed by atoms with Crippen LogP contribution in [0.3, 0.4) is 0 Å². The van der Waals surface area contributed by atoms with Crippen LogP contribution in [-0.4, -0.2) is 64.3 Å². The third-order valence-corrected chi connectivity index (χ3v) is 5.82. The third kappa shape index (κ3) is 4.73. The Morgan fingerprint density at radius 1 is 1.30 bits per heavy atom. The average molecular weight is 437 g/mol. The molecule has 1 aromatic carbocycles. The van der Waals surface area contributed by atoms with E-state index < -0.39 is 36.0 Å². The number of benzene rings is 1. The highest BCUT2D eigenvalue weighted by molar-refractivity contribution is 6.33. The molecule has 30 heavy (non-hydrogen) atoms. The SMILES string of the molecule is CC(NC(=O)c1ccc(N)c(Cl)c1)C(=O)N1CCCC1C(=O)NC1CC(=O)CC1O. The lowest BCUT2D eigenvalue weighted by molar-refractivity contribution is -0.140. The van der Waals surface area contributed by atoms with Crippen molar-refractivity contribution < 1.29 is 24.3 Å². The van der Waals surface area contributed by atoms with E-state index >= 15 is 0 Å². The second-order valence-corrected chi connectivity index (χ2v) is 8.16. The van der Waals surface area contributed by atoms with E-state index in [9.17, 15) is 24.3 Å². The second kappa shape index (κ2) is 9.01. The number of hydrogen-bond acceptors (Lipinski definition) is 6. The van der Waals surface area contributed by atoms with Gasteiger partial charge in [0.05, 0.1) is 22.9 Å². The Morgan fingerprint density at radius 2 is 2.03 bits per heavy atom. The van der Waals surface area contributed by atoms with Gasteiger partial charge in [-0.15, -0.1) is 0 Å². The monoisotopic (exact) mass is 436 g/mol. The Labute approximate surface area is 178 Å². The van der Waals surface area contributed by atoms with Gasteiger partial charge in [0.2, 0.25) is 11.8 Å². The van der Waals surface area contributed by atoms with Gasteiger partial charge in [-0.3, -0.25) is 19.2 Å². The summed E-state index contributed by atoms with van der Waals surface area (Å²) in [5, 5.41) is 15.4. The molecule has 1 aliphatic carbocycles. The summed E-state index contributed by atoms with van der Waals surface area (Å²) in [5.74, 6) is -1.37. The number of ketones is 1. The van der Waals surface area contributed by atoms with E-state index in [1.807, 2.05) is 0 Å². The normalized spacial score (nSPS) is 24.6. The Hall–Kier alpha value is -2.65. The van der Waals surface area contributed by atoms with Gasteiger partial charge in [-0.1, -0.05) is 11.6 Å². The lowest BCUT2D eigenvalue weighted by Gasteiger charge is -2.28. The zero-order chi connectivity index (χ0) is 22.0. The maximum atomic E-state index is 12.9. The predicted octanol–water partition coefficient (Wildman–Crippen LogP) is 0.240. The molecule has 3 rings (SSSR count). The molecule has 9 nitrogen and oxygen atoms in total. The van der Waals surface area contributed by atoms with Gasteiger partial charge in [-0.25, -0.2) is 0 Å². The highest BCUT2D eigenvalue weighted by Gasteiger charge is 2.39. The number of nitrogens with zero attached hydrogens (tertiary/aromatic N) is 1. The van der Waals surface area contributed by atoms with E-state index in [1.165, 1.54) is 23.1 Å². The summed E-state index contributed by atoms with van der Waals surface area (Å²) in [6.07, 6.45) is 0.324. The molecule has 1 aromatic rings. The molecule has 10 heteroatoms. The van der Waals surface area contributed by atoms with Gasteiger partial charge in [0.15, 0.2) is 0 Å². The molecule has 1 heterocycles. The lowest BCUT2D eigenvalue weighted by Crippen LogP contribution is -2.54. The zero-order valence-electron chi connectivity index (χ0n) is 16.6. The number of carbonyl (C=O) groups is 4. The summed E-state index contributed by atoms with van der Waals surface area (Å²) in [4.78, 5) is 50.9. The number of nitrogens with two attached hydrogens (primary N) is 1. The maximum Gasteiger partial charge on any atom is 0.251 e. The van der Waals surface area contributed by atoms with Crippen molar-refractivity contribution in [2.45, 2.75) is 56.8 Å². The molecule has 4 atom stereocenters. The van der Waals surface area contributed by atoms with Crippen molar-refractivity contribution in [1.82, 2.24) is 15.5 Å². The van der Waals surface area contributed by atoms with E-state index in [-0.39, 0.29) is 35.1 Å². The topological polar surface area (TPSA) is 142 Å². The zero-order valence-corrected chi connectivity index (χ0v) is 17.3. The number of nitrogens with one attached hydrogen (secondary N) is 2. The van der Waals surface area contributed by atoms with Crippen molar-refractivity contribution in [3.8, 4) is 0 Å². The minimum absolute atomic E-state index is 0.0243. The molecule has 1 aliphatic heterocycles. The van der Waals surface area contributed by atoms with Gasteiger partial charge in [0.1, 0.15) is 17.9 Å². The minimum atomic E-state index is -0.906. The number of nitrogen functional groups attached to an aromatic ring is 1. The first kappa shape index (κ1) is 22.0. The highest BCUT2D eigenvalue weighted by atomic mass is 35.5. The van der Waals surface area contributed by atoms with Crippen LogP contribution in [-0.2, 0) is 14.4 Å².